The van der Waals surface area contributed by atoms with Crippen molar-refractivity contribution in [1.82, 2.24) is 15.1 Å². The molecule has 0 atom stereocenters. The molecule has 1 heterocycles. The van der Waals surface area contributed by atoms with Crippen molar-refractivity contribution in [2.45, 2.75) is 13.5 Å². The van der Waals surface area contributed by atoms with E-state index >= 15 is 0 Å². The van der Waals surface area contributed by atoms with Gasteiger partial charge in [-0.15, -0.1) is 0 Å². The van der Waals surface area contributed by atoms with Crippen LogP contribution in [0.4, 0.5) is 4.79 Å². The molecule has 1 aliphatic rings. The molecule has 0 aliphatic carbocycles. The van der Waals surface area contributed by atoms with Gasteiger partial charge in [-0.1, -0.05) is 30.3 Å². The van der Waals surface area contributed by atoms with Gasteiger partial charge in [-0.05, 0) is 36.8 Å². The van der Waals surface area contributed by atoms with Gasteiger partial charge in [0.2, 0.25) is 0 Å². The maximum Gasteiger partial charge on any atom is 0.317 e. The van der Waals surface area contributed by atoms with Gasteiger partial charge in [0.05, 0.1) is 0 Å². The van der Waals surface area contributed by atoms with E-state index in [1.54, 1.807) is 9.80 Å². The minimum absolute atomic E-state index is 0.000998. The lowest BCUT2D eigenvalue weighted by Crippen LogP contribution is -2.53. The average molecular weight is 367 g/mol. The van der Waals surface area contributed by atoms with Gasteiger partial charge < -0.3 is 19.9 Å². The van der Waals surface area contributed by atoms with Crippen molar-refractivity contribution < 1.29 is 14.3 Å². The number of carbonyl (C=O) groups is 2. The van der Waals surface area contributed by atoms with Crippen LogP contribution in [0, 0.1) is 0 Å². The first kappa shape index (κ1) is 18.8. The van der Waals surface area contributed by atoms with Crippen molar-refractivity contribution in [2.24, 2.45) is 0 Å². The van der Waals surface area contributed by atoms with Gasteiger partial charge in [-0.3, -0.25) is 4.79 Å². The topological polar surface area (TPSA) is 61.9 Å². The lowest BCUT2D eigenvalue weighted by molar-refractivity contribution is 0.0665. The average Bonchev–Trinajstić information content (AvgIpc) is 2.73. The molecule has 0 saturated carbocycles. The standard InChI is InChI=1S/C21H25N3O3/c1-2-22-21(26)24-14-12-23(13-15-24)20(25)18-10-8-17(9-11-18)16-27-19-6-4-3-5-7-19/h3-11H,2,12-16H2,1H3,(H,22,26). The fourth-order valence-corrected chi connectivity index (χ4v) is 2.99. The zero-order valence-corrected chi connectivity index (χ0v) is 15.6. The molecule has 1 aliphatic heterocycles. The van der Waals surface area contributed by atoms with Crippen LogP contribution < -0.4 is 10.1 Å². The molecule has 6 heteroatoms. The van der Waals surface area contributed by atoms with Crippen LogP contribution in [0.5, 0.6) is 5.75 Å². The van der Waals surface area contributed by atoms with Gasteiger partial charge in [0.1, 0.15) is 12.4 Å². The molecule has 27 heavy (non-hydrogen) atoms. The summed E-state index contributed by atoms with van der Waals surface area (Å²) in [5.74, 6) is 0.823. The number of nitrogens with zero attached hydrogens (tertiary/aromatic N) is 2. The summed E-state index contributed by atoms with van der Waals surface area (Å²) >= 11 is 0. The third kappa shape index (κ3) is 5.00. The molecule has 0 spiro atoms. The zero-order chi connectivity index (χ0) is 19.1. The van der Waals surface area contributed by atoms with Crippen molar-refractivity contribution >= 4 is 11.9 Å². The Morgan fingerprint density at radius 1 is 0.926 bits per heavy atom. The second-order valence-electron chi connectivity index (χ2n) is 6.41. The molecule has 0 aromatic heterocycles. The fourth-order valence-electron chi connectivity index (χ4n) is 2.99. The lowest BCUT2D eigenvalue weighted by atomic mass is 10.1. The molecular weight excluding hydrogens is 342 g/mol. The first-order valence-corrected chi connectivity index (χ1v) is 9.26. The van der Waals surface area contributed by atoms with Gasteiger partial charge in [-0.2, -0.15) is 0 Å². The van der Waals surface area contributed by atoms with Crippen LogP contribution >= 0.6 is 0 Å². The number of benzene rings is 2. The van der Waals surface area contributed by atoms with E-state index in [1.165, 1.54) is 0 Å². The number of para-hydroxylation sites is 1. The van der Waals surface area contributed by atoms with E-state index in [4.69, 9.17) is 4.74 Å². The van der Waals surface area contributed by atoms with E-state index in [2.05, 4.69) is 5.32 Å². The Labute approximate surface area is 159 Å². The normalized spacial score (nSPS) is 14.0. The molecule has 3 amide bonds. The van der Waals surface area contributed by atoms with E-state index < -0.39 is 0 Å². The van der Waals surface area contributed by atoms with Crippen molar-refractivity contribution in [3.8, 4) is 5.75 Å². The van der Waals surface area contributed by atoms with Crippen LogP contribution in [0.2, 0.25) is 0 Å². The maximum absolute atomic E-state index is 12.7. The van der Waals surface area contributed by atoms with Crippen molar-refractivity contribution in [3.63, 3.8) is 0 Å². The number of carbonyl (C=O) groups excluding carboxylic acids is 2. The number of hydrogen-bond acceptors (Lipinski definition) is 3. The summed E-state index contributed by atoms with van der Waals surface area (Å²) in [6, 6.07) is 17.1. The van der Waals surface area contributed by atoms with Crippen molar-refractivity contribution in [1.29, 1.82) is 0 Å². The second kappa shape index (κ2) is 9.07. The lowest BCUT2D eigenvalue weighted by Gasteiger charge is -2.34. The molecule has 0 radical (unpaired) electrons. The van der Waals surface area contributed by atoms with Gasteiger partial charge in [-0.25, -0.2) is 4.79 Å². The number of nitrogens with one attached hydrogen (secondary N) is 1. The Morgan fingerprint density at radius 2 is 1.56 bits per heavy atom. The van der Waals surface area contributed by atoms with Gasteiger partial charge in [0.25, 0.3) is 5.91 Å². The van der Waals surface area contributed by atoms with Crippen molar-refractivity contribution in [2.75, 3.05) is 32.7 Å². The Bertz CT molecular complexity index is 754. The summed E-state index contributed by atoms with van der Waals surface area (Å²) in [6.45, 7) is 5.18. The SMILES string of the molecule is CCNC(=O)N1CCN(C(=O)c2ccc(COc3ccccc3)cc2)CC1. The summed E-state index contributed by atoms with van der Waals surface area (Å²) in [4.78, 5) is 28.1. The molecule has 1 fully saturated rings. The van der Waals surface area contributed by atoms with Gasteiger partial charge >= 0.3 is 6.03 Å². The Kier molecular flexibility index (Phi) is 6.30. The Hall–Kier alpha value is -3.02. The summed E-state index contributed by atoms with van der Waals surface area (Å²) in [6.07, 6.45) is 0. The molecule has 142 valence electrons. The molecule has 2 aromatic carbocycles. The summed E-state index contributed by atoms with van der Waals surface area (Å²) in [5.41, 5.74) is 1.67. The first-order valence-electron chi connectivity index (χ1n) is 9.26. The van der Waals surface area contributed by atoms with Crippen LogP contribution in [-0.2, 0) is 6.61 Å². The number of amides is 3. The largest absolute Gasteiger partial charge is 0.489 e. The highest BCUT2D eigenvalue weighted by Crippen LogP contribution is 2.14. The number of urea groups is 1. The number of ether oxygens (including phenoxy) is 1. The van der Waals surface area contributed by atoms with Crippen LogP contribution in [-0.4, -0.2) is 54.5 Å². The molecule has 0 unspecified atom stereocenters. The Morgan fingerprint density at radius 3 is 2.19 bits per heavy atom. The highest BCUT2D eigenvalue weighted by Gasteiger charge is 2.24. The number of rotatable bonds is 5. The molecular formula is C21H25N3O3. The summed E-state index contributed by atoms with van der Waals surface area (Å²) in [5, 5.41) is 2.79. The molecule has 3 rings (SSSR count). The third-order valence-corrected chi connectivity index (χ3v) is 4.53. The molecule has 1 saturated heterocycles. The number of hydrogen-bond donors (Lipinski definition) is 1. The molecule has 0 bridgehead atoms. The van der Waals surface area contributed by atoms with Crippen LogP contribution in [0.1, 0.15) is 22.8 Å². The quantitative estimate of drug-likeness (QED) is 0.884. The maximum atomic E-state index is 12.7. The first-order chi connectivity index (χ1) is 13.2. The van der Waals surface area contributed by atoms with E-state index in [-0.39, 0.29) is 11.9 Å². The smallest absolute Gasteiger partial charge is 0.317 e. The van der Waals surface area contributed by atoms with Crippen LogP contribution in [0.3, 0.4) is 0 Å². The minimum atomic E-state index is -0.0626. The van der Waals surface area contributed by atoms with E-state index in [0.717, 1.165) is 11.3 Å². The fraction of sp³-hybridized carbons (Fsp3) is 0.333. The number of piperazine rings is 1. The van der Waals surface area contributed by atoms with Crippen molar-refractivity contribution in [3.05, 3.63) is 65.7 Å². The molecule has 2 aromatic rings. The zero-order valence-electron chi connectivity index (χ0n) is 15.6. The Balaban J connectivity index is 1.51. The van der Waals surface area contributed by atoms with Gasteiger partial charge in [0.15, 0.2) is 0 Å². The predicted molar refractivity (Wildman–Crippen MR) is 104 cm³/mol. The minimum Gasteiger partial charge on any atom is -0.489 e. The molecule has 6 nitrogen and oxygen atoms in total. The highest BCUT2D eigenvalue weighted by molar-refractivity contribution is 5.94. The monoisotopic (exact) mass is 367 g/mol. The summed E-state index contributed by atoms with van der Waals surface area (Å²) in [7, 11) is 0. The third-order valence-electron chi connectivity index (χ3n) is 4.53. The van der Waals surface area contributed by atoms with E-state index in [9.17, 15) is 9.59 Å². The van der Waals surface area contributed by atoms with E-state index in [0.29, 0.717) is 44.9 Å². The molecule has 1 N–H and O–H groups in total. The van der Waals surface area contributed by atoms with Crippen LogP contribution in [0.15, 0.2) is 54.6 Å². The second-order valence-corrected chi connectivity index (χ2v) is 6.41. The van der Waals surface area contributed by atoms with Crippen LogP contribution in [0.25, 0.3) is 0 Å². The highest BCUT2D eigenvalue weighted by atomic mass is 16.5. The summed E-state index contributed by atoms with van der Waals surface area (Å²) < 4.78 is 5.72. The van der Waals surface area contributed by atoms with Gasteiger partial charge in [0, 0.05) is 38.3 Å². The van der Waals surface area contributed by atoms with E-state index in [1.807, 2.05) is 61.5 Å². The predicted octanol–water partition coefficient (Wildman–Crippen LogP) is 2.75.